The first kappa shape index (κ1) is 17.6. The van der Waals surface area contributed by atoms with E-state index in [1.807, 2.05) is 0 Å². The van der Waals surface area contributed by atoms with E-state index in [1.165, 1.54) is 0 Å². The van der Waals surface area contributed by atoms with Crippen molar-refractivity contribution in [3.8, 4) is 0 Å². The Morgan fingerprint density at radius 1 is 1.17 bits per heavy atom. The van der Waals surface area contributed by atoms with Gasteiger partial charge in [0.25, 0.3) is 0 Å². The largest absolute Gasteiger partial charge is 0.373 e. The van der Waals surface area contributed by atoms with Crippen molar-refractivity contribution in [1.82, 2.24) is 5.32 Å². The zero-order valence-corrected chi connectivity index (χ0v) is 11.2. The van der Waals surface area contributed by atoms with Crippen LogP contribution in [0, 0.1) is 5.92 Å². The Morgan fingerprint density at radius 3 is 2.22 bits per heavy atom. The smallest absolute Gasteiger partial charge is 0.330 e. The van der Waals surface area contributed by atoms with Gasteiger partial charge in [0.2, 0.25) is 0 Å². The molecule has 0 aliphatic carbocycles. The first-order chi connectivity index (χ1) is 8.29. The van der Waals surface area contributed by atoms with Gasteiger partial charge in [0.05, 0.1) is 6.61 Å². The first-order valence-electron chi connectivity index (χ1n) is 6.20. The molecule has 1 unspecified atom stereocenters. The summed E-state index contributed by atoms with van der Waals surface area (Å²) in [4.78, 5) is 0. The van der Waals surface area contributed by atoms with Crippen LogP contribution in [0.5, 0.6) is 0 Å². The standard InChI is InChI=1S/C12H23F4NO/c1-9(2)5-4-6-10(17-3)7-18-8-12(15,16)11(13)14/h9-11,17H,4-8H2,1-3H3. The highest BCUT2D eigenvalue weighted by Gasteiger charge is 2.41. The van der Waals surface area contributed by atoms with Gasteiger partial charge in [0.15, 0.2) is 0 Å². The number of rotatable bonds is 10. The molecule has 18 heavy (non-hydrogen) atoms. The highest BCUT2D eigenvalue weighted by Crippen LogP contribution is 2.23. The molecule has 0 fully saturated rings. The van der Waals surface area contributed by atoms with Gasteiger partial charge in [-0.2, -0.15) is 8.78 Å². The van der Waals surface area contributed by atoms with Gasteiger partial charge in [-0.15, -0.1) is 0 Å². The SMILES string of the molecule is CNC(CCCC(C)C)COCC(F)(F)C(F)F. The summed E-state index contributed by atoms with van der Waals surface area (Å²) in [6.07, 6.45) is -0.885. The molecule has 2 nitrogen and oxygen atoms in total. The number of nitrogens with one attached hydrogen (secondary N) is 1. The minimum Gasteiger partial charge on any atom is -0.373 e. The lowest BCUT2D eigenvalue weighted by molar-refractivity contribution is -0.167. The molecule has 0 amide bonds. The molecule has 6 heteroatoms. The van der Waals surface area contributed by atoms with E-state index in [-0.39, 0.29) is 12.6 Å². The molecule has 0 rings (SSSR count). The molecule has 110 valence electrons. The molecule has 1 N–H and O–H groups in total. The lowest BCUT2D eigenvalue weighted by Gasteiger charge is -2.20. The number of ether oxygens (including phenoxy) is 1. The third kappa shape index (κ3) is 7.87. The van der Waals surface area contributed by atoms with Gasteiger partial charge < -0.3 is 10.1 Å². The highest BCUT2D eigenvalue weighted by molar-refractivity contribution is 4.70. The molecule has 0 aromatic rings. The van der Waals surface area contributed by atoms with E-state index >= 15 is 0 Å². The van der Waals surface area contributed by atoms with Crippen molar-refractivity contribution in [2.24, 2.45) is 5.92 Å². The maximum atomic E-state index is 12.6. The Balaban J connectivity index is 3.80. The molecule has 0 aromatic heterocycles. The molecule has 0 spiro atoms. The molecule has 1 atom stereocenters. The van der Waals surface area contributed by atoms with E-state index in [1.54, 1.807) is 7.05 Å². The predicted molar refractivity (Wildman–Crippen MR) is 63.3 cm³/mol. The fourth-order valence-electron chi connectivity index (χ4n) is 1.48. The van der Waals surface area contributed by atoms with Gasteiger partial charge in [-0.05, 0) is 19.4 Å². The van der Waals surface area contributed by atoms with Crippen LogP contribution in [0.15, 0.2) is 0 Å². The van der Waals surface area contributed by atoms with Crippen LogP contribution in [0.3, 0.4) is 0 Å². The van der Waals surface area contributed by atoms with Crippen LogP contribution in [0.4, 0.5) is 17.6 Å². The predicted octanol–water partition coefficient (Wildman–Crippen LogP) is 3.32. The van der Waals surface area contributed by atoms with E-state index in [9.17, 15) is 17.6 Å². The number of halogens is 4. The van der Waals surface area contributed by atoms with Crippen molar-refractivity contribution >= 4 is 0 Å². The van der Waals surface area contributed by atoms with Crippen molar-refractivity contribution in [2.45, 2.75) is 51.5 Å². The Hall–Kier alpha value is -0.360. The Labute approximate surface area is 106 Å². The van der Waals surface area contributed by atoms with Crippen LogP contribution in [0.1, 0.15) is 33.1 Å². The first-order valence-corrected chi connectivity index (χ1v) is 6.20. The second-order valence-corrected chi connectivity index (χ2v) is 4.89. The summed E-state index contributed by atoms with van der Waals surface area (Å²) in [5.74, 6) is -3.47. The number of hydrogen-bond donors (Lipinski definition) is 1. The minimum absolute atomic E-state index is 0.0247. The zero-order chi connectivity index (χ0) is 14.2. The molecule has 0 heterocycles. The normalized spacial score (nSPS) is 14.5. The van der Waals surface area contributed by atoms with Gasteiger partial charge >= 0.3 is 12.3 Å². The van der Waals surface area contributed by atoms with Gasteiger partial charge in [0, 0.05) is 6.04 Å². The van der Waals surface area contributed by atoms with E-state index in [0.29, 0.717) is 5.92 Å². The summed E-state index contributed by atoms with van der Waals surface area (Å²) in [5, 5.41) is 2.93. The van der Waals surface area contributed by atoms with Gasteiger partial charge in [-0.25, -0.2) is 8.78 Å². The number of hydrogen-bond acceptors (Lipinski definition) is 2. The topological polar surface area (TPSA) is 21.3 Å². The maximum absolute atomic E-state index is 12.6. The quantitative estimate of drug-likeness (QED) is 0.617. The molecule has 0 saturated heterocycles. The van der Waals surface area contributed by atoms with Crippen molar-refractivity contribution in [1.29, 1.82) is 0 Å². The third-order valence-electron chi connectivity index (χ3n) is 2.68. The lowest BCUT2D eigenvalue weighted by atomic mass is 10.0. The van der Waals surface area contributed by atoms with Crippen molar-refractivity contribution in [3.05, 3.63) is 0 Å². The zero-order valence-electron chi connectivity index (χ0n) is 11.2. The average molecular weight is 273 g/mol. The second-order valence-electron chi connectivity index (χ2n) is 4.89. The van der Waals surface area contributed by atoms with Gasteiger partial charge in [-0.1, -0.05) is 26.7 Å². The molecular weight excluding hydrogens is 250 g/mol. The van der Waals surface area contributed by atoms with Crippen LogP contribution < -0.4 is 5.32 Å². The molecule has 0 aliphatic rings. The summed E-state index contributed by atoms with van der Waals surface area (Å²) in [7, 11) is 1.70. The lowest BCUT2D eigenvalue weighted by Crippen LogP contribution is -2.36. The van der Waals surface area contributed by atoms with Crippen molar-refractivity contribution in [3.63, 3.8) is 0 Å². The van der Waals surface area contributed by atoms with E-state index in [2.05, 4.69) is 23.9 Å². The van der Waals surface area contributed by atoms with Crippen molar-refractivity contribution < 1.29 is 22.3 Å². The summed E-state index contributed by atoms with van der Waals surface area (Å²) >= 11 is 0. The summed E-state index contributed by atoms with van der Waals surface area (Å²) in [6.45, 7) is 3.01. The molecule has 0 saturated carbocycles. The summed E-state index contributed by atoms with van der Waals surface area (Å²) < 4.78 is 53.5. The molecule has 0 radical (unpaired) electrons. The molecular formula is C12H23F4NO. The minimum atomic E-state index is -4.06. The Morgan fingerprint density at radius 2 is 1.78 bits per heavy atom. The average Bonchev–Trinajstić information content (AvgIpc) is 2.26. The summed E-state index contributed by atoms with van der Waals surface area (Å²) in [6, 6.07) is -0.0720. The van der Waals surface area contributed by atoms with E-state index in [4.69, 9.17) is 0 Å². The highest BCUT2D eigenvalue weighted by atomic mass is 19.3. The fraction of sp³-hybridized carbons (Fsp3) is 1.00. The summed E-state index contributed by atoms with van der Waals surface area (Å²) in [5.41, 5.74) is 0. The Bertz CT molecular complexity index is 212. The second kappa shape index (κ2) is 8.69. The number of likely N-dealkylation sites (N-methyl/N-ethyl adjacent to an activating group) is 1. The van der Waals surface area contributed by atoms with Gasteiger partial charge in [-0.3, -0.25) is 0 Å². The van der Waals surface area contributed by atoms with Crippen LogP contribution in [-0.4, -0.2) is 38.7 Å². The van der Waals surface area contributed by atoms with Crippen LogP contribution in [-0.2, 0) is 4.74 Å². The van der Waals surface area contributed by atoms with E-state index in [0.717, 1.165) is 19.3 Å². The molecule has 0 aliphatic heterocycles. The maximum Gasteiger partial charge on any atom is 0.330 e. The molecule has 0 bridgehead atoms. The van der Waals surface area contributed by atoms with E-state index < -0.39 is 19.0 Å². The molecule has 0 aromatic carbocycles. The monoisotopic (exact) mass is 273 g/mol. The van der Waals surface area contributed by atoms with Crippen LogP contribution >= 0.6 is 0 Å². The van der Waals surface area contributed by atoms with Crippen LogP contribution in [0.25, 0.3) is 0 Å². The Kier molecular flexibility index (Phi) is 8.52. The van der Waals surface area contributed by atoms with Gasteiger partial charge in [0.1, 0.15) is 6.61 Å². The van der Waals surface area contributed by atoms with Crippen molar-refractivity contribution in [2.75, 3.05) is 20.3 Å². The van der Waals surface area contributed by atoms with Crippen LogP contribution in [0.2, 0.25) is 0 Å². The third-order valence-corrected chi connectivity index (χ3v) is 2.68. The number of alkyl halides is 4. The fourth-order valence-corrected chi connectivity index (χ4v) is 1.48.